The van der Waals surface area contributed by atoms with Gasteiger partial charge in [0.1, 0.15) is 5.76 Å². The number of rotatable bonds is 13. The molecule has 1 aromatic heterocycles. The van der Waals surface area contributed by atoms with Crippen LogP contribution in [0.3, 0.4) is 0 Å². The maximum atomic E-state index is 12.1. The van der Waals surface area contributed by atoms with Gasteiger partial charge in [0.25, 0.3) is 5.91 Å². The first-order chi connectivity index (χ1) is 11.2. The van der Waals surface area contributed by atoms with Crippen LogP contribution in [0.5, 0.6) is 0 Å². The number of halogens is 1. The molecule has 0 aliphatic heterocycles. The third kappa shape index (κ3) is 8.02. The van der Waals surface area contributed by atoms with Crippen LogP contribution in [0.25, 0.3) is 0 Å². The molecule has 23 heavy (non-hydrogen) atoms. The molecule has 0 N–H and O–H groups in total. The van der Waals surface area contributed by atoms with Gasteiger partial charge in [-0.15, -0.1) is 0 Å². The minimum absolute atomic E-state index is 0.0269. The molecule has 4 nitrogen and oxygen atoms in total. The van der Waals surface area contributed by atoms with Gasteiger partial charge in [-0.05, 0) is 45.2 Å². The minimum atomic E-state index is -0.0269. The Hall–Kier alpha value is -0.810. The topological polar surface area (TPSA) is 42.7 Å². The zero-order valence-electron chi connectivity index (χ0n) is 14.5. The minimum Gasteiger partial charge on any atom is -0.456 e. The van der Waals surface area contributed by atoms with E-state index in [0.717, 1.165) is 43.6 Å². The summed E-state index contributed by atoms with van der Waals surface area (Å²) < 4.78 is 11.3. The predicted octanol–water partition coefficient (Wildman–Crippen LogP) is 4.67. The number of furan rings is 1. The highest BCUT2D eigenvalue weighted by Gasteiger charge is 2.16. The van der Waals surface area contributed by atoms with Crippen LogP contribution >= 0.6 is 15.9 Å². The molecule has 0 unspecified atom stereocenters. The Balaban J connectivity index is 2.16. The highest BCUT2D eigenvalue weighted by Crippen LogP contribution is 2.12. The summed E-state index contributed by atoms with van der Waals surface area (Å²) in [6, 6.07) is 3.68. The third-order valence-corrected chi connectivity index (χ3v) is 4.37. The van der Waals surface area contributed by atoms with Crippen molar-refractivity contribution in [2.45, 2.75) is 52.4 Å². The van der Waals surface area contributed by atoms with Gasteiger partial charge in [0.2, 0.25) is 0 Å². The van der Waals surface area contributed by atoms with Gasteiger partial charge in [0, 0.05) is 38.1 Å². The molecule has 0 atom stereocenters. The zero-order chi connectivity index (χ0) is 16.9. The fraction of sp³-hybridized carbons (Fsp3) is 0.722. The molecule has 0 saturated carbocycles. The van der Waals surface area contributed by atoms with Crippen molar-refractivity contribution >= 4 is 21.8 Å². The van der Waals surface area contributed by atoms with E-state index in [2.05, 4.69) is 15.9 Å². The molecule has 0 bridgehead atoms. The van der Waals surface area contributed by atoms with Crippen LogP contribution in [0, 0.1) is 0 Å². The highest BCUT2D eigenvalue weighted by atomic mass is 79.9. The van der Waals surface area contributed by atoms with Crippen LogP contribution in [0.2, 0.25) is 0 Å². The average molecular weight is 388 g/mol. The number of nitrogens with zero attached hydrogens (tertiary/aromatic N) is 1. The van der Waals surface area contributed by atoms with Gasteiger partial charge in [0.15, 0.2) is 5.76 Å². The highest BCUT2D eigenvalue weighted by molar-refractivity contribution is 9.09. The molecule has 0 radical (unpaired) electrons. The SMILES string of the molecule is CCN(CC)C(=O)c1ccc(CCCOCCCCCCBr)o1. The molecule has 0 aliphatic rings. The van der Waals surface area contributed by atoms with E-state index in [9.17, 15) is 4.79 Å². The summed E-state index contributed by atoms with van der Waals surface area (Å²) in [5.41, 5.74) is 0. The normalized spacial score (nSPS) is 10.9. The number of unbranched alkanes of at least 4 members (excludes halogenated alkanes) is 3. The van der Waals surface area contributed by atoms with Crippen LogP contribution in [-0.4, -0.2) is 42.4 Å². The van der Waals surface area contributed by atoms with Crippen molar-refractivity contribution in [1.82, 2.24) is 4.90 Å². The second-order valence-electron chi connectivity index (χ2n) is 5.56. The average Bonchev–Trinajstić information content (AvgIpc) is 3.03. The number of hydrogen-bond acceptors (Lipinski definition) is 3. The number of alkyl halides is 1. The second-order valence-corrected chi connectivity index (χ2v) is 6.36. The molecular weight excluding hydrogens is 358 g/mol. The predicted molar refractivity (Wildman–Crippen MR) is 97.4 cm³/mol. The molecule has 1 aromatic rings. The fourth-order valence-corrected chi connectivity index (χ4v) is 2.79. The van der Waals surface area contributed by atoms with E-state index in [0.29, 0.717) is 18.8 Å². The molecule has 5 heteroatoms. The maximum Gasteiger partial charge on any atom is 0.289 e. The summed E-state index contributed by atoms with van der Waals surface area (Å²) in [4.78, 5) is 13.9. The molecule has 0 spiro atoms. The Morgan fingerprint density at radius 1 is 1.09 bits per heavy atom. The third-order valence-electron chi connectivity index (χ3n) is 3.81. The number of carbonyl (C=O) groups excluding carboxylic acids is 1. The van der Waals surface area contributed by atoms with Crippen LogP contribution in [0.15, 0.2) is 16.5 Å². The van der Waals surface area contributed by atoms with E-state index in [4.69, 9.17) is 9.15 Å². The first kappa shape index (κ1) is 20.2. The smallest absolute Gasteiger partial charge is 0.289 e. The van der Waals surface area contributed by atoms with Crippen LogP contribution < -0.4 is 0 Å². The van der Waals surface area contributed by atoms with Crippen molar-refractivity contribution in [1.29, 1.82) is 0 Å². The molecule has 1 heterocycles. The van der Waals surface area contributed by atoms with Crippen molar-refractivity contribution < 1.29 is 13.9 Å². The van der Waals surface area contributed by atoms with Crippen molar-refractivity contribution in [2.24, 2.45) is 0 Å². The number of hydrogen-bond donors (Lipinski definition) is 0. The first-order valence-corrected chi connectivity index (χ1v) is 9.86. The van der Waals surface area contributed by atoms with Gasteiger partial charge in [0.05, 0.1) is 0 Å². The van der Waals surface area contributed by atoms with Crippen molar-refractivity contribution in [3.05, 3.63) is 23.7 Å². The molecule has 0 fully saturated rings. The standard InChI is InChI=1S/C18H30BrNO3/c1-3-20(4-2)18(21)17-12-11-16(23-17)10-9-15-22-14-8-6-5-7-13-19/h11-12H,3-10,13-15H2,1-2H3. The van der Waals surface area contributed by atoms with Crippen LogP contribution in [0.1, 0.15) is 62.3 Å². The Morgan fingerprint density at radius 3 is 2.48 bits per heavy atom. The van der Waals surface area contributed by atoms with Gasteiger partial charge in [-0.2, -0.15) is 0 Å². The van der Waals surface area contributed by atoms with Gasteiger partial charge >= 0.3 is 0 Å². The molecule has 1 amide bonds. The molecule has 0 saturated heterocycles. The van der Waals surface area contributed by atoms with Gasteiger partial charge < -0.3 is 14.1 Å². The summed E-state index contributed by atoms with van der Waals surface area (Å²) in [6.07, 6.45) is 6.62. The van der Waals surface area contributed by atoms with Gasteiger partial charge in [-0.1, -0.05) is 28.8 Å². The molecular formula is C18H30BrNO3. The number of aryl methyl sites for hydroxylation is 1. The lowest BCUT2D eigenvalue weighted by Crippen LogP contribution is -2.30. The van der Waals surface area contributed by atoms with E-state index in [1.807, 2.05) is 19.9 Å². The summed E-state index contributed by atoms with van der Waals surface area (Å²) in [6.45, 7) is 6.94. The van der Waals surface area contributed by atoms with E-state index in [1.54, 1.807) is 11.0 Å². The summed E-state index contributed by atoms with van der Waals surface area (Å²) >= 11 is 3.44. The molecule has 0 aliphatic carbocycles. The first-order valence-electron chi connectivity index (χ1n) is 8.74. The Labute approximate surface area is 148 Å². The zero-order valence-corrected chi connectivity index (χ0v) is 16.1. The lowest BCUT2D eigenvalue weighted by molar-refractivity contribution is 0.0738. The van der Waals surface area contributed by atoms with E-state index >= 15 is 0 Å². The van der Waals surface area contributed by atoms with E-state index in [1.165, 1.54) is 19.3 Å². The monoisotopic (exact) mass is 387 g/mol. The van der Waals surface area contributed by atoms with Crippen molar-refractivity contribution in [2.75, 3.05) is 31.6 Å². The van der Waals surface area contributed by atoms with Crippen LogP contribution in [0.4, 0.5) is 0 Å². The quantitative estimate of drug-likeness (QED) is 0.364. The van der Waals surface area contributed by atoms with Crippen molar-refractivity contribution in [3.63, 3.8) is 0 Å². The Morgan fingerprint density at radius 2 is 1.78 bits per heavy atom. The molecule has 0 aromatic carbocycles. The van der Waals surface area contributed by atoms with E-state index in [-0.39, 0.29) is 5.91 Å². The lowest BCUT2D eigenvalue weighted by atomic mass is 10.2. The molecule has 132 valence electrons. The lowest BCUT2D eigenvalue weighted by Gasteiger charge is -2.16. The summed E-state index contributed by atoms with van der Waals surface area (Å²) in [5, 5.41) is 1.09. The number of carbonyl (C=O) groups is 1. The summed E-state index contributed by atoms with van der Waals surface area (Å²) in [5.74, 6) is 1.28. The number of ether oxygens (including phenoxy) is 1. The largest absolute Gasteiger partial charge is 0.456 e. The number of amides is 1. The summed E-state index contributed by atoms with van der Waals surface area (Å²) in [7, 11) is 0. The van der Waals surface area contributed by atoms with Crippen LogP contribution in [-0.2, 0) is 11.2 Å². The Bertz CT molecular complexity index is 430. The van der Waals surface area contributed by atoms with Gasteiger partial charge in [-0.3, -0.25) is 4.79 Å². The van der Waals surface area contributed by atoms with Crippen molar-refractivity contribution in [3.8, 4) is 0 Å². The molecule has 1 rings (SSSR count). The fourth-order valence-electron chi connectivity index (χ4n) is 2.40. The second kappa shape index (κ2) is 12.6. The Kier molecular flexibility index (Phi) is 11.1. The maximum absolute atomic E-state index is 12.1. The van der Waals surface area contributed by atoms with E-state index < -0.39 is 0 Å². The van der Waals surface area contributed by atoms with Gasteiger partial charge in [-0.25, -0.2) is 0 Å².